The fourth-order valence-corrected chi connectivity index (χ4v) is 2.91. The number of thiazole rings is 1. The van der Waals surface area contributed by atoms with Crippen LogP contribution in [-0.4, -0.2) is 11.0 Å². The molecule has 0 bridgehead atoms. The van der Waals surface area contributed by atoms with Gasteiger partial charge in [0.15, 0.2) is 10.9 Å². The minimum Gasteiger partial charge on any atom is -0.306 e. The van der Waals surface area contributed by atoms with Gasteiger partial charge in [-0.15, -0.1) is 0 Å². The van der Waals surface area contributed by atoms with Crippen LogP contribution in [0.5, 0.6) is 0 Å². The number of halogens is 3. The van der Waals surface area contributed by atoms with E-state index in [1.807, 2.05) is 0 Å². The Bertz CT molecular complexity index is 868. The van der Waals surface area contributed by atoms with Crippen LogP contribution in [0.3, 0.4) is 0 Å². The first-order valence-electron chi connectivity index (χ1n) is 6.11. The highest BCUT2D eigenvalue weighted by atomic mass is 35.5. The molecular formula is C14H8ClF2N3OS. The van der Waals surface area contributed by atoms with E-state index in [-0.39, 0.29) is 10.6 Å². The smallest absolute Gasteiger partial charge is 0.306 e. The molecule has 2 aromatic carbocycles. The third-order valence-corrected chi connectivity index (χ3v) is 4.00. The fraction of sp³-hybridized carbons (Fsp3) is 0. The van der Waals surface area contributed by atoms with Crippen molar-refractivity contribution in [2.45, 2.75) is 0 Å². The van der Waals surface area contributed by atoms with Crippen LogP contribution in [0.1, 0.15) is 0 Å². The highest BCUT2D eigenvalue weighted by Crippen LogP contribution is 2.29. The zero-order valence-electron chi connectivity index (χ0n) is 10.9. The van der Waals surface area contributed by atoms with Crippen LogP contribution < -0.4 is 10.6 Å². The van der Waals surface area contributed by atoms with E-state index >= 15 is 0 Å². The maximum Gasteiger partial charge on any atom is 0.325 e. The minimum absolute atomic E-state index is 0.0134. The number of aromatic nitrogens is 1. The number of nitrogens with one attached hydrogen (secondary N) is 2. The van der Waals surface area contributed by atoms with Crippen LogP contribution in [0.2, 0.25) is 5.02 Å². The van der Waals surface area contributed by atoms with Crippen LogP contribution in [0.25, 0.3) is 10.2 Å². The number of hydrogen-bond acceptors (Lipinski definition) is 3. The third-order valence-electron chi connectivity index (χ3n) is 2.76. The van der Waals surface area contributed by atoms with Gasteiger partial charge < -0.3 is 5.32 Å². The van der Waals surface area contributed by atoms with Gasteiger partial charge in [-0.3, -0.25) is 5.32 Å². The molecule has 2 amide bonds. The summed E-state index contributed by atoms with van der Waals surface area (Å²) < 4.78 is 27.0. The van der Waals surface area contributed by atoms with E-state index in [0.29, 0.717) is 15.4 Å². The first-order valence-corrected chi connectivity index (χ1v) is 7.30. The van der Waals surface area contributed by atoms with Crippen molar-refractivity contribution in [2.24, 2.45) is 0 Å². The van der Waals surface area contributed by atoms with Gasteiger partial charge in [-0.05, 0) is 18.2 Å². The van der Waals surface area contributed by atoms with Gasteiger partial charge in [0, 0.05) is 6.07 Å². The number of benzene rings is 2. The number of anilines is 2. The lowest BCUT2D eigenvalue weighted by Crippen LogP contribution is -2.19. The Morgan fingerprint density at radius 1 is 1.18 bits per heavy atom. The molecule has 0 saturated heterocycles. The van der Waals surface area contributed by atoms with Crippen LogP contribution in [0.15, 0.2) is 36.4 Å². The number of fused-ring (bicyclic) bond motifs is 1. The van der Waals surface area contributed by atoms with Gasteiger partial charge in [-0.25, -0.2) is 18.6 Å². The predicted molar refractivity (Wildman–Crippen MR) is 83.6 cm³/mol. The van der Waals surface area contributed by atoms with Gasteiger partial charge in [-0.1, -0.05) is 35.1 Å². The zero-order chi connectivity index (χ0) is 15.7. The van der Waals surface area contributed by atoms with E-state index in [4.69, 9.17) is 11.6 Å². The lowest BCUT2D eigenvalue weighted by Gasteiger charge is -2.06. The monoisotopic (exact) mass is 339 g/mol. The van der Waals surface area contributed by atoms with Crippen molar-refractivity contribution < 1.29 is 13.6 Å². The van der Waals surface area contributed by atoms with Crippen LogP contribution in [0.4, 0.5) is 24.4 Å². The fourth-order valence-electron chi connectivity index (χ4n) is 1.82. The van der Waals surface area contributed by atoms with Crippen molar-refractivity contribution in [2.75, 3.05) is 10.6 Å². The maximum absolute atomic E-state index is 13.6. The Kier molecular flexibility index (Phi) is 3.91. The summed E-state index contributed by atoms with van der Waals surface area (Å²) in [5.41, 5.74) is 0.444. The summed E-state index contributed by atoms with van der Waals surface area (Å²) in [5, 5.41) is 5.55. The van der Waals surface area contributed by atoms with Crippen LogP contribution in [0, 0.1) is 11.6 Å². The molecule has 3 rings (SSSR count). The van der Waals surface area contributed by atoms with Gasteiger partial charge in [0.1, 0.15) is 11.3 Å². The second kappa shape index (κ2) is 5.86. The third kappa shape index (κ3) is 3.00. The molecule has 0 unspecified atom stereocenters. The molecule has 8 heteroatoms. The van der Waals surface area contributed by atoms with Crippen LogP contribution in [-0.2, 0) is 0 Å². The molecule has 0 aliphatic heterocycles. The molecule has 0 fully saturated rings. The first kappa shape index (κ1) is 14.7. The highest BCUT2D eigenvalue weighted by Gasteiger charge is 2.13. The summed E-state index contributed by atoms with van der Waals surface area (Å²) >= 11 is 6.90. The molecule has 2 N–H and O–H groups in total. The molecule has 112 valence electrons. The van der Waals surface area contributed by atoms with E-state index in [1.54, 1.807) is 24.3 Å². The first-order chi connectivity index (χ1) is 10.5. The lowest BCUT2D eigenvalue weighted by atomic mass is 10.3. The standard InChI is InChI=1S/C14H8ClF2N3OS/c15-8-3-1-2-4-10(8)18-13(21)20-14-19-12-9(17)5-7(16)6-11(12)22-14/h1-6H,(H2,18,19,20,21). The Hall–Kier alpha value is -2.25. The van der Waals surface area contributed by atoms with E-state index in [0.717, 1.165) is 23.5 Å². The van der Waals surface area contributed by atoms with E-state index < -0.39 is 17.7 Å². The Labute approximate surface area is 132 Å². The summed E-state index contributed by atoms with van der Waals surface area (Å²) in [6.45, 7) is 0. The number of carbonyl (C=O) groups excluding carboxylic acids is 1. The molecular weight excluding hydrogens is 332 g/mol. The van der Waals surface area contributed by atoms with Crippen molar-refractivity contribution in [1.29, 1.82) is 0 Å². The molecule has 3 aromatic rings. The molecule has 0 aliphatic carbocycles. The number of para-hydroxylation sites is 1. The van der Waals surface area contributed by atoms with E-state index in [2.05, 4.69) is 15.6 Å². The molecule has 4 nitrogen and oxygen atoms in total. The largest absolute Gasteiger partial charge is 0.325 e. The van der Waals surface area contributed by atoms with Crippen molar-refractivity contribution in [3.8, 4) is 0 Å². The maximum atomic E-state index is 13.6. The number of rotatable bonds is 2. The van der Waals surface area contributed by atoms with Gasteiger partial charge in [0.05, 0.1) is 15.4 Å². The van der Waals surface area contributed by atoms with E-state index in [1.165, 1.54) is 0 Å². The summed E-state index contributed by atoms with van der Waals surface area (Å²) in [5.74, 6) is -1.47. The van der Waals surface area contributed by atoms with Crippen molar-refractivity contribution in [1.82, 2.24) is 4.98 Å². The molecule has 1 aromatic heterocycles. The second-order valence-corrected chi connectivity index (χ2v) is 5.75. The number of urea groups is 1. The molecule has 0 atom stereocenters. The van der Waals surface area contributed by atoms with Gasteiger partial charge in [0.25, 0.3) is 0 Å². The topological polar surface area (TPSA) is 54.0 Å². The van der Waals surface area contributed by atoms with Gasteiger partial charge in [0.2, 0.25) is 0 Å². The quantitative estimate of drug-likeness (QED) is 0.699. The highest BCUT2D eigenvalue weighted by molar-refractivity contribution is 7.22. The predicted octanol–water partition coefficient (Wildman–Crippen LogP) is 4.87. The zero-order valence-corrected chi connectivity index (χ0v) is 12.4. The molecule has 0 aliphatic rings. The Balaban J connectivity index is 1.80. The molecule has 1 heterocycles. The number of carbonyl (C=O) groups is 1. The SMILES string of the molecule is O=C(Nc1nc2c(F)cc(F)cc2s1)Nc1ccccc1Cl. The number of amides is 2. The Morgan fingerprint density at radius 2 is 1.95 bits per heavy atom. The van der Waals surface area contributed by atoms with Crippen molar-refractivity contribution in [3.05, 3.63) is 53.1 Å². The molecule has 0 radical (unpaired) electrons. The molecule has 22 heavy (non-hydrogen) atoms. The van der Waals surface area contributed by atoms with Crippen molar-refractivity contribution in [3.63, 3.8) is 0 Å². The summed E-state index contributed by atoms with van der Waals surface area (Å²) in [7, 11) is 0. The minimum atomic E-state index is -0.772. The second-order valence-electron chi connectivity index (χ2n) is 4.31. The van der Waals surface area contributed by atoms with Crippen molar-refractivity contribution >= 4 is 50.0 Å². The Morgan fingerprint density at radius 3 is 2.73 bits per heavy atom. The molecule has 0 saturated carbocycles. The lowest BCUT2D eigenvalue weighted by molar-refractivity contribution is 0.262. The van der Waals surface area contributed by atoms with Gasteiger partial charge >= 0.3 is 6.03 Å². The molecule has 0 spiro atoms. The summed E-state index contributed by atoms with van der Waals surface area (Å²) in [4.78, 5) is 15.8. The summed E-state index contributed by atoms with van der Waals surface area (Å²) in [6.07, 6.45) is 0. The number of nitrogens with zero attached hydrogens (tertiary/aromatic N) is 1. The van der Waals surface area contributed by atoms with Gasteiger partial charge in [-0.2, -0.15) is 0 Å². The summed E-state index contributed by atoms with van der Waals surface area (Å²) in [6, 6.07) is 8.05. The number of hydrogen-bond donors (Lipinski definition) is 2. The van der Waals surface area contributed by atoms with Crippen LogP contribution >= 0.6 is 22.9 Å². The average molecular weight is 340 g/mol. The van der Waals surface area contributed by atoms with E-state index in [9.17, 15) is 13.6 Å². The normalized spacial score (nSPS) is 10.7. The average Bonchev–Trinajstić information content (AvgIpc) is 2.84.